The molecule has 1 saturated heterocycles. The molecule has 0 unspecified atom stereocenters. The van der Waals surface area contributed by atoms with E-state index in [0.29, 0.717) is 17.7 Å². The van der Waals surface area contributed by atoms with Crippen LogP contribution in [0.25, 0.3) is 10.9 Å². The van der Waals surface area contributed by atoms with Gasteiger partial charge in [0, 0.05) is 37.8 Å². The summed E-state index contributed by atoms with van der Waals surface area (Å²) in [6, 6.07) is 3.46. The normalized spacial score (nSPS) is 18.7. The lowest BCUT2D eigenvalue weighted by Crippen LogP contribution is -2.44. The molecule has 1 fully saturated rings. The zero-order chi connectivity index (χ0) is 19.3. The van der Waals surface area contributed by atoms with E-state index in [4.69, 9.17) is 4.43 Å². The van der Waals surface area contributed by atoms with Crippen molar-refractivity contribution in [3.05, 3.63) is 28.4 Å². The van der Waals surface area contributed by atoms with Crippen molar-refractivity contribution in [2.24, 2.45) is 7.05 Å². The van der Waals surface area contributed by atoms with Gasteiger partial charge in [0.1, 0.15) is 5.69 Å². The molecule has 1 aromatic heterocycles. The van der Waals surface area contributed by atoms with Crippen LogP contribution in [0.1, 0.15) is 27.2 Å². The summed E-state index contributed by atoms with van der Waals surface area (Å²) in [5.41, 5.74) is 1.43. The molecule has 0 amide bonds. The van der Waals surface area contributed by atoms with Crippen LogP contribution in [0, 0.1) is 10.1 Å². The van der Waals surface area contributed by atoms with Crippen LogP contribution >= 0.6 is 0 Å². The van der Waals surface area contributed by atoms with E-state index in [1.165, 1.54) is 0 Å². The Morgan fingerprint density at radius 1 is 1.35 bits per heavy atom. The van der Waals surface area contributed by atoms with Gasteiger partial charge >= 0.3 is 0 Å². The monoisotopic (exact) mass is 376 g/mol. The van der Waals surface area contributed by atoms with Crippen LogP contribution in [-0.2, 0) is 11.5 Å². The first-order chi connectivity index (χ1) is 12.0. The number of nitro benzene ring substituents is 1. The first kappa shape index (κ1) is 18.8. The van der Waals surface area contributed by atoms with Crippen molar-refractivity contribution >= 4 is 30.6 Å². The van der Waals surface area contributed by atoms with Crippen molar-refractivity contribution in [1.82, 2.24) is 9.78 Å². The number of fused-ring (bicyclic) bond motifs is 1. The fraction of sp³-hybridized carbons (Fsp3) is 0.611. The molecule has 26 heavy (non-hydrogen) atoms. The van der Waals surface area contributed by atoms with Crippen LogP contribution in [0.15, 0.2) is 18.3 Å². The second-order valence-electron chi connectivity index (χ2n) is 8.69. The highest BCUT2D eigenvalue weighted by Crippen LogP contribution is 2.40. The molecule has 1 aromatic carbocycles. The fourth-order valence-electron chi connectivity index (χ4n) is 3.21. The van der Waals surface area contributed by atoms with Crippen molar-refractivity contribution in [3.63, 3.8) is 0 Å². The van der Waals surface area contributed by atoms with Crippen molar-refractivity contribution < 1.29 is 9.35 Å². The van der Waals surface area contributed by atoms with Gasteiger partial charge in [0.2, 0.25) is 0 Å². The lowest BCUT2D eigenvalue weighted by atomic mass is 10.2. The third-order valence-electron chi connectivity index (χ3n) is 5.67. The third-order valence-corrected chi connectivity index (χ3v) is 10.2. The summed E-state index contributed by atoms with van der Waals surface area (Å²) in [5, 5.41) is 17.0. The lowest BCUT2D eigenvalue weighted by molar-refractivity contribution is -0.384. The van der Waals surface area contributed by atoms with Gasteiger partial charge in [0.05, 0.1) is 16.5 Å². The molecule has 2 aromatic rings. The standard InChI is InChI=1S/C18H28N4O3Si/c1-18(2,3)26(5,6)25-14-7-8-21(12-14)16-9-13-11-20(4)19-15(13)10-17(16)22(23)24/h9-11,14H,7-8,12H2,1-6H3/t14-/m0/s1. The maximum absolute atomic E-state index is 11.6. The number of aromatic nitrogens is 2. The molecule has 2 heterocycles. The number of benzene rings is 1. The number of hydrogen-bond acceptors (Lipinski definition) is 5. The van der Waals surface area contributed by atoms with E-state index < -0.39 is 8.32 Å². The molecule has 1 aliphatic rings. The maximum atomic E-state index is 11.6. The van der Waals surface area contributed by atoms with E-state index in [0.717, 1.165) is 18.4 Å². The average Bonchev–Trinajstić information content (AvgIpc) is 3.08. The first-order valence-corrected chi connectivity index (χ1v) is 11.9. The fourth-order valence-corrected chi connectivity index (χ4v) is 4.59. The van der Waals surface area contributed by atoms with Gasteiger partial charge < -0.3 is 9.33 Å². The van der Waals surface area contributed by atoms with Crippen LogP contribution < -0.4 is 4.90 Å². The second-order valence-corrected chi connectivity index (χ2v) is 13.5. The molecule has 7 nitrogen and oxygen atoms in total. The molecule has 0 radical (unpaired) electrons. The summed E-state index contributed by atoms with van der Waals surface area (Å²) in [7, 11) is -0.0263. The Kier molecular flexibility index (Phi) is 4.60. The first-order valence-electron chi connectivity index (χ1n) is 9.02. The minimum absolute atomic E-state index is 0.115. The summed E-state index contributed by atoms with van der Waals surface area (Å²) in [5.74, 6) is 0. The van der Waals surface area contributed by atoms with Crippen molar-refractivity contribution in [3.8, 4) is 0 Å². The Morgan fingerprint density at radius 2 is 2.04 bits per heavy atom. The highest BCUT2D eigenvalue weighted by Gasteiger charge is 2.41. The van der Waals surface area contributed by atoms with E-state index in [9.17, 15) is 10.1 Å². The molecule has 1 aliphatic heterocycles. The predicted molar refractivity (Wildman–Crippen MR) is 106 cm³/mol. The molecule has 3 rings (SSSR count). The minimum atomic E-state index is -1.85. The number of hydrogen-bond donors (Lipinski definition) is 0. The topological polar surface area (TPSA) is 73.4 Å². The Bertz CT molecular complexity index is 841. The van der Waals surface area contributed by atoms with Crippen LogP contribution in [0.2, 0.25) is 18.1 Å². The molecule has 142 valence electrons. The molecule has 0 bridgehead atoms. The molecule has 0 saturated carbocycles. The van der Waals surface area contributed by atoms with Gasteiger partial charge in [0.25, 0.3) is 5.69 Å². The maximum Gasteiger partial charge on any atom is 0.294 e. The van der Waals surface area contributed by atoms with Crippen LogP contribution in [0.3, 0.4) is 0 Å². The van der Waals surface area contributed by atoms with Gasteiger partial charge in [-0.25, -0.2) is 0 Å². The Morgan fingerprint density at radius 3 is 2.65 bits per heavy atom. The van der Waals surface area contributed by atoms with E-state index in [1.807, 2.05) is 19.3 Å². The third kappa shape index (κ3) is 3.48. The van der Waals surface area contributed by atoms with Crippen LogP contribution in [-0.4, -0.2) is 42.2 Å². The summed E-state index contributed by atoms with van der Waals surface area (Å²) < 4.78 is 8.20. The van der Waals surface area contributed by atoms with Crippen LogP contribution in [0.4, 0.5) is 11.4 Å². The van der Waals surface area contributed by atoms with E-state index in [-0.39, 0.29) is 21.8 Å². The molecule has 1 atom stereocenters. The highest BCUT2D eigenvalue weighted by molar-refractivity contribution is 6.74. The molecular weight excluding hydrogens is 348 g/mol. The number of aryl methyl sites for hydroxylation is 1. The van der Waals surface area contributed by atoms with E-state index in [1.54, 1.807) is 10.7 Å². The van der Waals surface area contributed by atoms with Crippen molar-refractivity contribution in [1.29, 1.82) is 0 Å². The summed E-state index contributed by atoms with van der Waals surface area (Å²) >= 11 is 0. The summed E-state index contributed by atoms with van der Waals surface area (Å²) in [6.45, 7) is 12.7. The Balaban J connectivity index is 1.86. The van der Waals surface area contributed by atoms with E-state index in [2.05, 4.69) is 43.9 Å². The van der Waals surface area contributed by atoms with Gasteiger partial charge in [0.15, 0.2) is 8.32 Å². The molecule has 8 heteroatoms. The predicted octanol–water partition coefficient (Wildman–Crippen LogP) is 4.08. The van der Waals surface area contributed by atoms with Gasteiger partial charge in [-0.2, -0.15) is 5.10 Å². The van der Waals surface area contributed by atoms with Gasteiger partial charge in [-0.3, -0.25) is 14.8 Å². The average molecular weight is 377 g/mol. The number of nitro groups is 1. The zero-order valence-corrected chi connectivity index (χ0v) is 17.4. The Hall–Kier alpha value is -1.93. The SMILES string of the molecule is Cn1cc2cc(N3CC[C@H](O[Si](C)(C)C(C)(C)C)C3)c([N+](=O)[O-])cc2n1. The van der Waals surface area contributed by atoms with Gasteiger partial charge in [-0.15, -0.1) is 0 Å². The molecule has 0 aliphatic carbocycles. The number of nitrogens with zero attached hydrogens (tertiary/aromatic N) is 4. The molecule has 0 N–H and O–H groups in total. The summed E-state index contributed by atoms with van der Waals surface area (Å²) in [6.07, 6.45) is 2.91. The van der Waals surface area contributed by atoms with Crippen molar-refractivity contribution in [2.45, 2.75) is 51.4 Å². The van der Waals surface area contributed by atoms with Gasteiger partial charge in [-0.05, 0) is 30.6 Å². The van der Waals surface area contributed by atoms with Crippen molar-refractivity contribution in [2.75, 3.05) is 18.0 Å². The smallest absolute Gasteiger partial charge is 0.294 e. The highest BCUT2D eigenvalue weighted by atomic mass is 28.4. The zero-order valence-electron chi connectivity index (χ0n) is 16.4. The lowest BCUT2D eigenvalue weighted by Gasteiger charge is -2.38. The number of anilines is 1. The van der Waals surface area contributed by atoms with E-state index >= 15 is 0 Å². The largest absolute Gasteiger partial charge is 0.412 e. The molecular formula is C18H28N4O3Si. The molecule has 0 spiro atoms. The number of rotatable bonds is 4. The van der Waals surface area contributed by atoms with Gasteiger partial charge in [-0.1, -0.05) is 20.8 Å². The second kappa shape index (κ2) is 6.35. The van der Waals surface area contributed by atoms with Crippen LogP contribution in [0.5, 0.6) is 0 Å². The minimum Gasteiger partial charge on any atom is -0.412 e. The Labute approximate surface area is 155 Å². The summed E-state index contributed by atoms with van der Waals surface area (Å²) in [4.78, 5) is 13.4. The quantitative estimate of drug-likeness (QED) is 0.457.